The number of nitrogens with one attached hydrogen (secondary N) is 1. The SMILES string of the molecule is CN(C)c1ccc(N=C2NC(=O)/C(=C/c3ccc(Cl)cc3)S2)cc1. The van der Waals surface area contributed by atoms with Gasteiger partial charge in [-0.25, -0.2) is 4.99 Å². The number of thioether (sulfide) groups is 1. The van der Waals surface area contributed by atoms with Crippen LogP contribution in [0.1, 0.15) is 5.56 Å². The van der Waals surface area contributed by atoms with Gasteiger partial charge >= 0.3 is 0 Å². The minimum atomic E-state index is -0.140. The number of halogens is 1. The van der Waals surface area contributed by atoms with Crippen molar-refractivity contribution in [3.05, 3.63) is 64.0 Å². The van der Waals surface area contributed by atoms with Crippen LogP contribution in [0.3, 0.4) is 0 Å². The van der Waals surface area contributed by atoms with Gasteiger partial charge in [0.1, 0.15) is 0 Å². The molecule has 0 atom stereocenters. The highest BCUT2D eigenvalue weighted by molar-refractivity contribution is 8.18. The lowest BCUT2D eigenvalue weighted by Crippen LogP contribution is -2.19. The molecule has 3 rings (SSSR count). The van der Waals surface area contributed by atoms with E-state index < -0.39 is 0 Å². The smallest absolute Gasteiger partial charge is 0.264 e. The van der Waals surface area contributed by atoms with Gasteiger partial charge in [0.2, 0.25) is 0 Å². The van der Waals surface area contributed by atoms with Crippen molar-refractivity contribution in [2.45, 2.75) is 0 Å². The molecule has 2 aromatic rings. The van der Waals surface area contributed by atoms with Crippen LogP contribution in [-0.2, 0) is 4.79 Å². The van der Waals surface area contributed by atoms with Crippen molar-refractivity contribution in [3.63, 3.8) is 0 Å². The number of amides is 1. The van der Waals surface area contributed by atoms with E-state index in [0.717, 1.165) is 16.9 Å². The Labute approximate surface area is 150 Å². The second-order valence-corrected chi connectivity index (χ2v) is 6.91. The number of aliphatic imine (C=N–C) groups is 1. The van der Waals surface area contributed by atoms with Crippen molar-refractivity contribution in [2.24, 2.45) is 4.99 Å². The molecule has 24 heavy (non-hydrogen) atoms. The number of nitrogens with zero attached hydrogens (tertiary/aromatic N) is 2. The van der Waals surface area contributed by atoms with Crippen LogP contribution >= 0.6 is 23.4 Å². The lowest BCUT2D eigenvalue weighted by atomic mass is 10.2. The lowest BCUT2D eigenvalue weighted by molar-refractivity contribution is -0.115. The fourth-order valence-electron chi connectivity index (χ4n) is 2.13. The third-order valence-electron chi connectivity index (χ3n) is 3.42. The van der Waals surface area contributed by atoms with Crippen molar-refractivity contribution in [1.29, 1.82) is 0 Å². The third-order valence-corrected chi connectivity index (χ3v) is 4.58. The molecule has 4 nitrogen and oxygen atoms in total. The number of carbonyl (C=O) groups is 1. The minimum Gasteiger partial charge on any atom is -0.378 e. The molecule has 122 valence electrons. The number of benzene rings is 2. The highest BCUT2D eigenvalue weighted by atomic mass is 35.5. The summed E-state index contributed by atoms with van der Waals surface area (Å²) in [6.07, 6.45) is 1.83. The normalized spacial score (nSPS) is 17.4. The first kappa shape index (κ1) is 16.6. The molecule has 1 aliphatic heterocycles. The van der Waals surface area contributed by atoms with Gasteiger partial charge in [0, 0.05) is 24.8 Å². The number of carbonyl (C=O) groups excluding carboxylic acids is 1. The maximum atomic E-state index is 12.1. The Balaban J connectivity index is 1.77. The van der Waals surface area contributed by atoms with Crippen LogP contribution in [0.4, 0.5) is 11.4 Å². The van der Waals surface area contributed by atoms with Crippen LogP contribution in [0, 0.1) is 0 Å². The van der Waals surface area contributed by atoms with Crippen molar-refractivity contribution in [2.75, 3.05) is 19.0 Å². The standard InChI is InChI=1S/C18H16ClN3OS/c1-22(2)15-9-7-14(8-10-15)20-18-21-17(23)16(24-18)11-12-3-5-13(19)6-4-12/h3-11H,1-2H3,(H,20,21,23)/b16-11-. The Morgan fingerprint density at radius 1 is 1.08 bits per heavy atom. The number of rotatable bonds is 3. The van der Waals surface area contributed by atoms with Crippen molar-refractivity contribution in [3.8, 4) is 0 Å². The van der Waals surface area contributed by atoms with E-state index in [1.54, 1.807) is 12.1 Å². The van der Waals surface area contributed by atoms with Gasteiger partial charge in [-0.15, -0.1) is 0 Å². The van der Waals surface area contributed by atoms with Gasteiger partial charge in [0.05, 0.1) is 10.6 Å². The summed E-state index contributed by atoms with van der Waals surface area (Å²) >= 11 is 7.20. The number of anilines is 1. The largest absolute Gasteiger partial charge is 0.378 e. The van der Waals surface area contributed by atoms with Crippen LogP contribution in [0.5, 0.6) is 0 Å². The first-order chi connectivity index (χ1) is 11.5. The van der Waals surface area contributed by atoms with Crippen molar-refractivity contribution in [1.82, 2.24) is 5.32 Å². The van der Waals surface area contributed by atoms with Crippen molar-refractivity contribution < 1.29 is 4.79 Å². The van der Waals surface area contributed by atoms with Crippen LogP contribution in [0.2, 0.25) is 5.02 Å². The Morgan fingerprint density at radius 2 is 1.75 bits per heavy atom. The van der Waals surface area contributed by atoms with E-state index in [4.69, 9.17) is 11.6 Å². The molecule has 1 amide bonds. The number of amidine groups is 1. The summed E-state index contributed by atoms with van der Waals surface area (Å²) in [6.45, 7) is 0. The van der Waals surface area contributed by atoms with Crippen LogP contribution in [0.15, 0.2) is 58.4 Å². The monoisotopic (exact) mass is 357 g/mol. The van der Waals surface area contributed by atoms with E-state index in [-0.39, 0.29) is 5.91 Å². The van der Waals surface area contributed by atoms with Crippen LogP contribution in [-0.4, -0.2) is 25.2 Å². The van der Waals surface area contributed by atoms with Crippen LogP contribution < -0.4 is 10.2 Å². The highest BCUT2D eigenvalue weighted by Crippen LogP contribution is 2.28. The average Bonchev–Trinajstić information content (AvgIpc) is 2.89. The predicted octanol–water partition coefficient (Wildman–Crippen LogP) is 4.30. The summed E-state index contributed by atoms with van der Waals surface area (Å²) in [6, 6.07) is 15.2. The molecule has 1 aliphatic rings. The van der Waals surface area contributed by atoms with E-state index in [9.17, 15) is 4.79 Å². The summed E-state index contributed by atoms with van der Waals surface area (Å²) in [7, 11) is 3.98. The van der Waals surface area contributed by atoms with Gasteiger partial charge in [-0.05, 0) is 59.8 Å². The first-order valence-electron chi connectivity index (χ1n) is 7.34. The van der Waals surface area contributed by atoms with E-state index in [1.165, 1.54) is 11.8 Å². The number of hydrogen-bond donors (Lipinski definition) is 1. The molecule has 0 unspecified atom stereocenters. The predicted molar refractivity (Wildman–Crippen MR) is 103 cm³/mol. The topological polar surface area (TPSA) is 44.7 Å². The zero-order valence-electron chi connectivity index (χ0n) is 13.3. The third kappa shape index (κ3) is 3.99. The highest BCUT2D eigenvalue weighted by Gasteiger charge is 2.23. The quantitative estimate of drug-likeness (QED) is 0.833. The molecular weight excluding hydrogens is 342 g/mol. The minimum absolute atomic E-state index is 0.140. The van der Waals surface area contributed by atoms with Crippen LogP contribution in [0.25, 0.3) is 6.08 Å². The molecule has 1 heterocycles. The van der Waals surface area contributed by atoms with Crippen molar-refractivity contribution >= 4 is 51.9 Å². The zero-order chi connectivity index (χ0) is 17.1. The molecule has 0 aliphatic carbocycles. The van der Waals surface area contributed by atoms with Gasteiger partial charge in [-0.3, -0.25) is 4.79 Å². The molecule has 1 fully saturated rings. The van der Waals surface area contributed by atoms with E-state index in [2.05, 4.69) is 10.3 Å². The van der Waals surface area contributed by atoms with Gasteiger partial charge in [0.15, 0.2) is 5.17 Å². The maximum Gasteiger partial charge on any atom is 0.264 e. The molecule has 6 heteroatoms. The first-order valence-corrected chi connectivity index (χ1v) is 8.53. The van der Waals surface area contributed by atoms with E-state index in [0.29, 0.717) is 15.1 Å². The molecule has 1 saturated heterocycles. The summed E-state index contributed by atoms with van der Waals surface area (Å²) in [5.41, 5.74) is 2.83. The molecular formula is C18H16ClN3OS. The van der Waals surface area contributed by atoms with Gasteiger partial charge < -0.3 is 10.2 Å². The Bertz CT molecular complexity index is 811. The second kappa shape index (κ2) is 7.11. The molecule has 0 saturated carbocycles. The van der Waals surface area contributed by atoms with Gasteiger partial charge in [0.25, 0.3) is 5.91 Å². The Hall–Kier alpha value is -2.24. The molecule has 0 radical (unpaired) electrons. The lowest BCUT2D eigenvalue weighted by Gasteiger charge is -2.11. The molecule has 0 spiro atoms. The molecule has 2 aromatic carbocycles. The molecule has 0 aromatic heterocycles. The summed E-state index contributed by atoms with van der Waals surface area (Å²) in [4.78, 5) is 19.2. The zero-order valence-corrected chi connectivity index (χ0v) is 14.9. The number of hydrogen-bond acceptors (Lipinski definition) is 4. The van der Waals surface area contributed by atoms with E-state index in [1.807, 2.05) is 61.5 Å². The second-order valence-electron chi connectivity index (χ2n) is 5.44. The Morgan fingerprint density at radius 3 is 2.38 bits per heavy atom. The van der Waals surface area contributed by atoms with Gasteiger partial charge in [-0.2, -0.15) is 0 Å². The summed E-state index contributed by atoms with van der Waals surface area (Å²) in [5.74, 6) is -0.140. The Kier molecular flexibility index (Phi) is 4.92. The molecule has 1 N–H and O–H groups in total. The summed E-state index contributed by atoms with van der Waals surface area (Å²) in [5, 5.41) is 4.04. The fraction of sp³-hybridized carbons (Fsp3) is 0.111. The van der Waals surface area contributed by atoms with Gasteiger partial charge in [-0.1, -0.05) is 23.7 Å². The fourth-order valence-corrected chi connectivity index (χ4v) is 3.10. The summed E-state index contributed by atoms with van der Waals surface area (Å²) < 4.78 is 0. The maximum absolute atomic E-state index is 12.1. The van der Waals surface area contributed by atoms with E-state index >= 15 is 0 Å². The average molecular weight is 358 g/mol. The molecule has 0 bridgehead atoms.